The molecule has 0 aliphatic rings. The number of aryl methyl sites for hydroxylation is 1. The molecule has 1 aromatic heterocycles. The second-order valence-corrected chi connectivity index (χ2v) is 5.38. The van der Waals surface area contributed by atoms with Crippen molar-refractivity contribution in [2.24, 2.45) is 0 Å². The molecule has 0 atom stereocenters. The number of amides is 1. The maximum absolute atomic E-state index is 12.4. The number of para-hydroxylation sites is 2. The molecule has 0 bridgehead atoms. The molecule has 3 aromatic rings. The molecule has 0 saturated carbocycles. The van der Waals surface area contributed by atoms with Crippen LogP contribution in [0.2, 0.25) is 0 Å². The summed E-state index contributed by atoms with van der Waals surface area (Å²) in [6.45, 7) is 2.08. The zero-order valence-electron chi connectivity index (χ0n) is 13.9. The van der Waals surface area contributed by atoms with E-state index >= 15 is 0 Å². The number of hydrogen-bond acceptors (Lipinski definition) is 4. The second-order valence-electron chi connectivity index (χ2n) is 5.38. The number of anilines is 1. The first-order chi connectivity index (χ1) is 11.6. The van der Waals surface area contributed by atoms with Crippen LogP contribution in [0.5, 0.6) is 11.5 Å². The van der Waals surface area contributed by atoms with Gasteiger partial charge in [-0.3, -0.25) is 4.79 Å². The molecule has 0 aliphatic heterocycles. The Hall–Kier alpha value is -3.02. The van der Waals surface area contributed by atoms with Crippen LogP contribution in [0, 0.1) is 6.92 Å². The lowest BCUT2D eigenvalue weighted by Crippen LogP contribution is -2.19. The van der Waals surface area contributed by atoms with Gasteiger partial charge in [-0.05, 0) is 19.1 Å². The SMILES string of the molecule is COc1cc(NC(=O)Cn2c(C)nc3ccccc32)cc(OC)c1. The van der Waals surface area contributed by atoms with E-state index in [0.29, 0.717) is 17.2 Å². The summed E-state index contributed by atoms with van der Waals surface area (Å²) in [6, 6.07) is 13.0. The van der Waals surface area contributed by atoms with Crippen LogP contribution in [-0.2, 0) is 11.3 Å². The Morgan fingerprint density at radius 2 is 1.79 bits per heavy atom. The summed E-state index contributed by atoms with van der Waals surface area (Å²) >= 11 is 0. The lowest BCUT2D eigenvalue weighted by molar-refractivity contribution is -0.116. The van der Waals surface area contributed by atoms with Crippen molar-refractivity contribution in [3.63, 3.8) is 0 Å². The predicted octanol–water partition coefficient (Wildman–Crippen LogP) is 3.00. The van der Waals surface area contributed by atoms with E-state index in [1.165, 1.54) is 0 Å². The Morgan fingerprint density at radius 1 is 1.12 bits per heavy atom. The topological polar surface area (TPSA) is 65.4 Å². The van der Waals surface area contributed by atoms with Gasteiger partial charge in [0.1, 0.15) is 23.9 Å². The van der Waals surface area contributed by atoms with Crippen LogP contribution in [0.3, 0.4) is 0 Å². The fourth-order valence-corrected chi connectivity index (χ4v) is 2.62. The van der Waals surface area contributed by atoms with E-state index in [1.807, 2.05) is 35.8 Å². The van der Waals surface area contributed by atoms with Crippen LogP contribution >= 0.6 is 0 Å². The van der Waals surface area contributed by atoms with Crippen molar-refractivity contribution in [1.29, 1.82) is 0 Å². The van der Waals surface area contributed by atoms with Crippen LogP contribution in [0.25, 0.3) is 11.0 Å². The van der Waals surface area contributed by atoms with Crippen LogP contribution in [0.1, 0.15) is 5.82 Å². The zero-order valence-corrected chi connectivity index (χ0v) is 13.9. The molecule has 0 radical (unpaired) electrons. The van der Waals surface area contributed by atoms with Crippen molar-refractivity contribution < 1.29 is 14.3 Å². The minimum atomic E-state index is -0.142. The van der Waals surface area contributed by atoms with Gasteiger partial charge in [-0.2, -0.15) is 0 Å². The number of ether oxygens (including phenoxy) is 2. The molecule has 0 fully saturated rings. The lowest BCUT2D eigenvalue weighted by Gasteiger charge is -2.11. The van der Waals surface area contributed by atoms with E-state index in [0.717, 1.165) is 16.9 Å². The quantitative estimate of drug-likeness (QED) is 0.783. The van der Waals surface area contributed by atoms with Gasteiger partial charge >= 0.3 is 0 Å². The first-order valence-corrected chi connectivity index (χ1v) is 7.55. The molecule has 2 aromatic carbocycles. The molecule has 1 amide bonds. The minimum absolute atomic E-state index is 0.142. The van der Waals surface area contributed by atoms with Gasteiger partial charge in [-0.1, -0.05) is 12.1 Å². The van der Waals surface area contributed by atoms with Crippen molar-refractivity contribution >= 4 is 22.6 Å². The molecule has 1 N–H and O–H groups in total. The van der Waals surface area contributed by atoms with Crippen molar-refractivity contribution in [2.75, 3.05) is 19.5 Å². The predicted molar refractivity (Wildman–Crippen MR) is 92.6 cm³/mol. The number of nitrogens with one attached hydrogen (secondary N) is 1. The number of carbonyl (C=O) groups excluding carboxylic acids is 1. The Balaban J connectivity index is 1.81. The maximum Gasteiger partial charge on any atom is 0.244 e. The van der Waals surface area contributed by atoms with Gasteiger partial charge in [0.2, 0.25) is 5.91 Å². The number of carbonyl (C=O) groups is 1. The summed E-state index contributed by atoms with van der Waals surface area (Å²) < 4.78 is 12.3. The van der Waals surface area contributed by atoms with Crippen LogP contribution in [0.4, 0.5) is 5.69 Å². The van der Waals surface area contributed by atoms with E-state index in [9.17, 15) is 4.79 Å². The number of benzene rings is 2. The number of aromatic nitrogens is 2. The first-order valence-electron chi connectivity index (χ1n) is 7.55. The summed E-state index contributed by atoms with van der Waals surface area (Å²) in [5.74, 6) is 1.90. The summed E-state index contributed by atoms with van der Waals surface area (Å²) in [6.07, 6.45) is 0. The highest BCUT2D eigenvalue weighted by Gasteiger charge is 2.12. The van der Waals surface area contributed by atoms with E-state index in [4.69, 9.17) is 9.47 Å². The number of fused-ring (bicyclic) bond motifs is 1. The van der Waals surface area contributed by atoms with Crippen molar-refractivity contribution in [2.45, 2.75) is 13.5 Å². The van der Waals surface area contributed by atoms with Crippen LogP contribution in [0.15, 0.2) is 42.5 Å². The fraction of sp³-hybridized carbons (Fsp3) is 0.222. The number of methoxy groups -OCH3 is 2. The average Bonchev–Trinajstić information content (AvgIpc) is 2.90. The molecule has 3 rings (SSSR count). The Bertz CT molecular complexity index is 864. The third-order valence-electron chi connectivity index (χ3n) is 3.78. The molecular weight excluding hydrogens is 306 g/mol. The summed E-state index contributed by atoms with van der Waals surface area (Å²) in [7, 11) is 3.14. The highest BCUT2D eigenvalue weighted by atomic mass is 16.5. The van der Waals surface area contributed by atoms with Gasteiger partial charge in [0, 0.05) is 23.9 Å². The van der Waals surface area contributed by atoms with E-state index in [1.54, 1.807) is 32.4 Å². The molecule has 0 saturated heterocycles. The second kappa shape index (κ2) is 6.62. The van der Waals surface area contributed by atoms with Crippen LogP contribution in [-0.4, -0.2) is 29.7 Å². The van der Waals surface area contributed by atoms with E-state index < -0.39 is 0 Å². The normalized spacial score (nSPS) is 10.6. The highest BCUT2D eigenvalue weighted by Crippen LogP contribution is 2.26. The summed E-state index contributed by atoms with van der Waals surface area (Å²) in [5, 5.41) is 2.87. The standard InChI is InChI=1S/C18H19N3O3/c1-12-19-16-6-4-5-7-17(16)21(12)11-18(22)20-13-8-14(23-2)10-15(9-13)24-3/h4-10H,11H2,1-3H3,(H,20,22). The molecule has 24 heavy (non-hydrogen) atoms. The third-order valence-corrected chi connectivity index (χ3v) is 3.78. The molecule has 0 aliphatic carbocycles. The molecule has 124 valence electrons. The molecule has 0 unspecified atom stereocenters. The van der Waals surface area contributed by atoms with Gasteiger partial charge in [0.25, 0.3) is 0 Å². The first kappa shape index (κ1) is 15.9. The molecule has 6 nitrogen and oxygen atoms in total. The van der Waals surface area contributed by atoms with Gasteiger partial charge in [-0.15, -0.1) is 0 Å². The molecule has 1 heterocycles. The fourth-order valence-electron chi connectivity index (χ4n) is 2.62. The Morgan fingerprint density at radius 3 is 2.46 bits per heavy atom. The summed E-state index contributed by atoms with van der Waals surface area (Å²) in [5.41, 5.74) is 2.44. The van der Waals surface area contributed by atoms with E-state index in [2.05, 4.69) is 10.3 Å². The average molecular weight is 325 g/mol. The molecule has 6 heteroatoms. The van der Waals surface area contributed by atoms with Crippen molar-refractivity contribution in [3.8, 4) is 11.5 Å². The van der Waals surface area contributed by atoms with Gasteiger partial charge in [0.05, 0.1) is 25.3 Å². The largest absolute Gasteiger partial charge is 0.497 e. The Kier molecular flexibility index (Phi) is 4.37. The van der Waals surface area contributed by atoms with Gasteiger partial charge in [-0.25, -0.2) is 4.98 Å². The van der Waals surface area contributed by atoms with Gasteiger partial charge < -0.3 is 19.4 Å². The number of hydrogen-bond donors (Lipinski definition) is 1. The minimum Gasteiger partial charge on any atom is -0.497 e. The monoisotopic (exact) mass is 325 g/mol. The summed E-state index contributed by atoms with van der Waals surface area (Å²) in [4.78, 5) is 16.9. The zero-order chi connectivity index (χ0) is 17.1. The lowest BCUT2D eigenvalue weighted by atomic mass is 10.2. The number of rotatable bonds is 5. The third kappa shape index (κ3) is 3.17. The smallest absolute Gasteiger partial charge is 0.244 e. The van der Waals surface area contributed by atoms with Gasteiger partial charge in [0.15, 0.2) is 0 Å². The number of imidazole rings is 1. The molecular formula is C18H19N3O3. The Labute approximate surface area is 140 Å². The molecule has 0 spiro atoms. The maximum atomic E-state index is 12.4. The van der Waals surface area contributed by atoms with Crippen molar-refractivity contribution in [1.82, 2.24) is 9.55 Å². The highest BCUT2D eigenvalue weighted by molar-refractivity contribution is 5.92. The number of nitrogens with zero attached hydrogens (tertiary/aromatic N) is 2. The van der Waals surface area contributed by atoms with Crippen molar-refractivity contribution in [3.05, 3.63) is 48.3 Å². The van der Waals surface area contributed by atoms with Crippen LogP contribution < -0.4 is 14.8 Å². The van der Waals surface area contributed by atoms with E-state index in [-0.39, 0.29) is 12.5 Å².